The summed E-state index contributed by atoms with van der Waals surface area (Å²) in [6.45, 7) is 2.92. The summed E-state index contributed by atoms with van der Waals surface area (Å²) in [4.78, 5) is 19.7. The molecule has 1 aliphatic carbocycles. The number of benzene rings is 1. The third-order valence-corrected chi connectivity index (χ3v) is 6.76. The number of likely N-dealkylation sites (tertiary alicyclic amines) is 1. The predicted molar refractivity (Wildman–Crippen MR) is 113 cm³/mol. The summed E-state index contributed by atoms with van der Waals surface area (Å²) in [5, 5.41) is 4.30. The molecule has 1 aliphatic heterocycles. The van der Waals surface area contributed by atoms with Crippen LogP contribution in [0.1, 0.15) is 61.2 Å². The van der Waals surface area contributed by atoms with Gasteiger partial charge in [0.1, 0.15) is 5.69 Å². The molecule has 5 nitrogen and oxygen atoms in total. The molecule has 0 unspecified atom stereocenters. The van der Waals surface area contributed by atoms with E-state index in [1.165, 1.54) is 0 Å². The van der Waals surface area contributed by atoms with Crippen LogP contribution in [-0.2, 0) is 22.8 Å². The van der Waals surface area contributed by atoms with Gasteiger partial charge in [0.05, 0.1) is 11.1 Å². The number of hydrogen-bond donors (Lipinski definition) is 0. The van der Waals surface area contributed by atoms with Crippen LogP contribution in [0.5, 0.6) is 0 Å². The van der Waals surface area contributed by atoms with E-state index in [0.717, 1.165) is 41.8 Å². The number of piperidine rings is 1. The molecule has 0 N–H and O–H groups in total. The van der Waals surface area contributed by atoms with Gasteiger partial charge in [0.2, 0.25) is 5.91 Å². The number of alkyl halides is 3. The smallest absolute Gasteiger partial charge is 0.341 e. The van der Waals surface area contributed by atoms with E-state index in [9.17, 15) is 18.0 Å². The molecule has 2 aromatic heterocycles. The molecule has 1 saturated carbocycles. The van der Waals surface area contributed by atoms with E-state index >= 15 is 0 Å². The van der Waals surface area contributed by atoms with Gasteiger partial charge in [-0.1, -0.05) is 37.3 Å². The van der Waals surface area contributed by atoms with Gasteiger partial charge >= 0.3 is 6.18 Å². The second kappa shape index (κ2) is 7.60. The van der Waals surface area contributed by atoms with Crippen molar-refractivity contribution in [3.8, 4) is 0 Å². The number of nitrogens with zero attached hydrogens (tertiary/aromatic N) is 4. The molecule has 3 heterocycles. The molecule has 3 aromatic rings. The molecule has 1 amide bonds. The largest absolute Gasteiger partial charge is 0.433 e. The molecule has 1 atom stereocenters. The Bertz CT molecular complexity index is 1150. The van der Waals surface area contributed by atoms with Gasteiger partial charge in [-0.3, -0.25) is 4.79 Å². The monoisotopic (exact) mass is 442 g/mol. The summed E-state index contributed by atoms with van der Waals surface area (Å²) in [5.74, 6) is 0.0201. The summed E-state index contributed by atoms with van der Waals surface area (Å²) in [6.07, 6.45) is -0.846. The molecule has 2 aliphatic rings. The van der Waals surface area contributed by atoms with Gasteiger partial charge in [0.25, 0.3) is 0 Å². The fourth-order valence-corrected chi connectivity index (χ4v) is 4.84. The predicted octanol–water partition coefficient (Wildman–Crippen LogP) is 4.75. The highest BCUT2D eigenvalue weighted by atomic mass is 19.4. The molecule has 0 spiro atoms. The van der Waals surface area contributed by atoms with Gasteiger partial charge in [-0.2, -0.15) is 18.3 Å². The van der Waals surface area contributed by atoms with Crippen molar-refractivity contribution in [2.24, 2.45) is 0 Å². The maximum Gasteiger partial charge on any atom is 0.433 e. The molecule has 168 valence electrons. The highest BCUT2D eigenvalue weighted by molar-refractivity contribution is 5.91. The first kappa shape index (κ1) is 21.0. The fourth-order valence-electron chi connectivity index (χ4n) is 4.84. The summed E-state index contributed by atoms with van der Waals surface area (Å²) in [5.41, 5.74) is 0.955. The number of hydrogen-bond acceptors (Lipinski definition) is 3. The highest BCUT2D eigenvalue weighted by Crippen LogP contribution is 2.50. The van der Waals surface area contributed by atoms with Crippen LogP contribution in [0.2, 0.25) is 0 Å². The number of carbonyl (C=O) groups is 1. The number of carbonyl (C=O) groups excluding carboxylic acids is 1. The van der Waals surface area contributed by atoms with Crippen molar-refractivity contribution in [3.63, 3.8) is 0 Å². The molecule has 1 saturated heterocycles. The van der Waals surface area contributed by atoms with Gasteiger partial charge in [0, 0.05) is 30.8 Å². The summed E-state index contributed by atoms with van der Waals surface area (Å²) < 4.78 is 41.7. The van der Waals surface area contributed by atoms with Crippen molar-refractivity contribution >= 4 is 11.6 Å². The van der Waals surface area contributed by atoms with E-state index in [1.807, 2.05) is 35.2 Å². The van der Waals surface area contributed by atoms with Crippen LogP contribution in [0.3, 0.4) is 0 Å². The van der Waals surface area contributed by atoms with Gasteiger partial charge in [-0.25, -0.2) is 9.50 Å². The Kier molecular flexibility index (Phi) is 4.98. The average Bonchev–Trinajstić information content (AvgIpc) is 3.50. The Morgan fingerprint density at radius 2 is 1.94 bits per heavy atom. The number of amides is 1. The van der Waals surface area contributed by atoms with Crippen LogP contribution < -0.4 is 0 Å². The first-order chi connectivity index (χ1) is 15.3. The zero-order chi connectivity index (χ0) is 22.5. The molecule has 2 fully saturated rings. The van der Waals surface area contributed by atoms with Crippen molar-refractivity contribution in [3.05, 3.63) is 65.1 Å². The number of aryl methyl sites for hydroxylation is 1. The van der Waals surface area contributed by atoms with E-state index < -0.39 is 17.3 Å². The highest BCUT2D eigenvalue weighted by Gasteiger charge is 2.53. The van der Waals surface area contributed by atoms with Crippen LogP contribution in [0, 0.1) is 0 Å². The van der Waals surface area contributed by atoms with Gasteiger partial charge in [-0.15, -0.1) is 0 Å². The van der Waals surface area contributed by atoms with Crippen LogP contribution >= 0.6 is 0 Å². The maximum atomic E-state index is 13.6. The van der Waals surface area contributed by atoms with E-state index in [0.29, 0.717) is 30.9 Å². The molecule has 1 aromatic carbocycles. The summed E-state index contributed by atoms with van der Waals surface area (Å²) in [6, 6.07) is 12.6. The fraction of sp³-hybridized carbons (Fsp3) is 0.458. The third-order valence-electron chi connectivity index (χ3n) is 6.76. The minimum Gasteiger partial charge on any atom is -0.341 e. The quantitative estimate of drug-likeness (QED) is 0.586. The van der Waals surface area contributed by atoms with E-state index in [1.54, 1.807) is 13.0 Å². The normalized spacial score (nSPS) is 20.5. The molecule has 0 radical (unpaired) electrons. The number of fused-ring (bicyclic) bond motifs is 1. The van der Waals surface area contributed by atoms with Crippen molar-refractivity contribution in [2.75, 3.05) is 13.1 Å². The average molecular weight is 442 g/mol. The lowest BCUT2D eigenvalue weighted by Crippen LogP contribution is -2.44. The van der Waals surface area contributed by atoms with Crippen molar-refractivity contribution < 1.29 is 18.0 Å². The second-order valence-electron chi connectivity index (χ2n) is 8.86. The lowest BCUT2D eigenvalue weighted by Gasteiger charge is -2.34. The zero-order valence-electron chi connectivity index (χ0n) is 17.9. The van der Waals surface area contributed by atoms with Crippen LogP contribution in [0.25, 0.3) is 5.65 Å². The second-order valence-corrected chi connectivity index (χ2v) is 8.86. The van der Waals surface area contributed by atoms with Crippen molar-refractivity contribution in [2.45, 2.75) is 56.5 Å². The summed E-state index contributed by atoms with van der Waals surface area (Å²) >= 11 is 0. The number of aromatic nitrogens is 3. The van der Waals surface area contributed by atoms with E-state index in [4.69, 9.17) is 0 Å². The van der Waals surface area contributed by atoms with Crippen LogP contribution in [-0.4, -0.2) is 38.5 Å². The first-order valence-electron chi connectivity index (χ1n) is 11.1. The summed E-state index contributed by atoms with van der Waals surface area (Å²) in [7, 11) is 0. The Labute approximate surface area is 184 Å². The Morgan fingerprint density at radius 3 is 2.59 bits per heavy atom. The third kappa shape index (κ3) is 3.55. The van der Waals surface area contributed by atoms with Crippen LogP contribution in [0.4, 0.5) is 13.2 Å². The first-order valence-corrected chi connectivity index (χ1v) is 11.1. The van der Waals surface area contributed by atoms with Gasteiger partial charge < -0.3 is 4.90 Å². The van der Waals surface area contributed by atoms with E-state index in [2.05, 4.69) is 10.1 Å². The van der Waals surface area contributed by atoms with Gasteiger partial charge in [-0.05, 0) is 43.7 Å². The van der Waals surface area contributed by atoms with Crippen molar-refractivity contribution in [1.29, 1.82) is 0 Å². The lowest BCUT2D eigenvalue weighted by molar-refractivity contribution is -0.142. The molecule has 8 heteroatoms. The standard InChI is InChI=1S/C24H25F3N4O/c1-2-18-13-20(24(25,26)27)31-21(28-18)14-19(29-31)16-7-6-12-30(15-16)22(32)23(10-11-23)17-8-4-3-5-9-17/h3-5,8-9,13-14,16H,2,6-7,10-12,15H2,1H3/t16-/m0/s1. The zero-order valence-corrected chi connectivity index (χ0v) is 17.9. The molecular formula is C24H25F3N4O. The maximum absolute atomic E-state index is 13.6. The number of halogens is 3. The Morgan fingerprint density at radius 1 is 1.19 bits per heavy atom. The topological polar surface area (TPSA) is 50.5 Å². The van der Waals surface area contributed by atoms with Crippen molar-refractivity contribution in [1.82, 2.24) is 19.5 Å². The van der Waals surface area contributed by atoms with Gasteiger partial charge in [0.15, 0.2) is 5.65 Å². The Hall–Kier alpha value is -2.90. The lowest BCUT2D eigenvalue weighted by atomic mass is 9.90. The minimum atomic E-state index is -4.52. The molecule has 0 bridgehead atoms. The SMILES string of the molecule is CCc1cc(C(F)(F)F)n2nc([C@H]3CCCN(C(=O)C4(c5ccccc5)CC4)C3)cc2n1. The Balaban J connectivity index is 1.43. The molecule has 5 rings (SSSR count). The minimum absolute atomic E-state index is 0.105. The molecule has 32 heavy (non-hydrogen) atoms. The van der Waals surface area contributed by atoms with E-state index in [-0.39, 0.29) is 17.5 Å². The van der Waals surface area contributed by atoms with Crippen LogP contribution in [0.15, 0.2) is 42.5 Å². The number of rotatable bonds is 4. The molecular weight excluding hydrogens is 417 g/mol.